The van der Waals surface area contributed by atoms with E-state index < -0.39 is 15.8 Å². The third-order valence-corrected chi connectivity index (χ3v) is 8.45. The second-order valence-electron chi connectivity index (χ2n) is 6.59. The van der Waals surface area contributed by atoms with E-state index in [0.717, 1.165) is 11.3 Å². The van der Waals surface area contributed by atoms with Crippen LogP contribution in [0, 0.1) is 17.7 Å². The molecule has 3 rings (SSSR count). The van der Waals surface area contributed by atoms with E-state index in [1.54, 1.807) is 12.1 Å². The highest BCUT2D eigenvalue weighted by Gasteiger charge is 2.34. The number of piperidine rings is 1. The highest BCUT2D eigenvalue weighted by molar-refractivity contribution is 7.91. The van der Waals surface area contributed by atoms with Gasteiger partial charge in [-0.05, 0) is 49.1 Å². The average Bonchev–Trinajstić information content (AvgIpc) is 3.08. The van der Waals surface area contributed by atoms with Crippen molar-refractivity contribution in [2.45, 2.75) is 24.0 Å². The molecular formula is C18H20ClFN2O3S2. The summed E-state index contributed by atoms with van der Waals surface area (Å²) in [5.41, 5.74) is 0.418. The van der Waals surface area contributed by atoms with Gasteiger partial charge < -0.3 is 5.32 Å². The summed E-state index contributed by atoms with van der Waals surface area (Å²) in [6.45, 7) is 2.54. The van der Waals surface area contributed by atoms with E-state index in [-0.39, 0.29) is 22.0 Å². The largest absolute Gasteiger partial charge is 0.326 e. The predicted octanol–water partition coefficient (Wildman–Crippen LogP) is 4.22. The Labute approximate surface area is 167 Å². The van der Waals surface area contributed by atoms with Gasteiger partial charge in [-0.3, -0.25) is 4.79 Å². The third kappa shape index (κ3) is 4.68. The Morgan fingerprint density at radius 3 is 2.59 bits per heavy atom. The number of anilines is 1. The van der Waals surface area contributed by atoms with Gasteiger partial charge in [0.25, 0.3) is 10.0 Å². The van der Waals surface area contributed by atoms with Crippen LogP contribution in [-0.2, 0) is 14.8 Å². The van der Waals surface area contributed by atoms with E-state index in [9.17, 15) is 17.6 Å². The Kier molecular flexibility index (Phi) is 6.20. The number of nitrogens with zero attached hydrogens (tertiary/aromatic N) is 1. The second kappa shape index (κ2) is 8.26. The van der Waals surface area contributed by atoms with Gasteiger partial charge in [-0.1, -0.05) is 24.6 Å². The van der Waals surface area contributed by atoms with Gasteiger partial charge in [0.05, 0.1) is 4.34 Å². The minimum Gasteiger partial charge on any atom is -0.326 e. The SMILES string of the molecule is CC(C(=O)Nc1cccc(F)c1)C1CCN(S(=O)(=O)c2ccc(Cl)s2)CC1. The second-order valence-corrected chi connectivity index (χ2v) is 10.5. The molecule has 0 saturated carbocycles. The van der Waals surface area contributed by atoms with Gasteiger partial charge in [0.2, 0.25) is 5.91 Å². The van der Waals surface area contributed by atoms with E-state index >= 15 is 0 Å². The molecule has 0 bridgehead atoms. The van der Waals surface area contributed by atoms with Crippen LogP contribution in [0.3, 0.4) is 0 Å². The molecule has 1 aliphatic heterocycles. The number of carbonyl (C=O) groups excluding carboxylic acids is 1. The summed E-state index contributed by atoms with van der Waals surface area (Å²) in [5.74, 6) is -0.828. The van der Waals surface area contributed by atoms with Crippen molar-refractivity contribution in [3.8, 4) is 0 Å². The molecule has 1 unspecified atom stereocenters. The molecular weight excluding hydrogens is 411 g/mol. The fourth-order valence-corrected chi connectivity index (χ4v) is 6.32. The Hall–Kier alpha value is -1.48. The fraction of sp³-hybridized carbons (Fsp3) is 0.389. The van der Waals surface area contributed by atoms with Crippen molar-refractivity contribution in [1.82, 2.24) is 4.31 Å². The molecule has 27 heavy (non-hydrogen) atoms. The Morgan fingerprint density at radius 2 is 2.00 bits per heavy atom. The summed E-state index contributed by atoms with van der Waals surface area (Å²) in [5, 5.41) is 2.73. The van der Waals surface area contributed by atoms with Crippen molar-refractivity contribution in [1.29, 1.82) is 0 Å². The minimum atomic E-state index is -3.54. The third-order valence-electron chi connectivity index (χ3n) is 4.85. The van der Waals surface area contributed by atoms with Crippen LogP contribution in [0.25, 0.3) is 0 Å². The zero-order valence-electron chi connectivity index (χ0n) is 14.7. The van der Waals surface area contributed by atoms with Crippen LogP contribution in [-0.4, -0.2) is 31.7 Å². The van der Waals surface area contributed by atoms with Crippen molar-refractivity contribution in [2.75, 3.05) is 18.4 Å². The van der Waals surface area contributed by atoms with E-state index in [0.29, 0.717) is 36.0 Å². The lowest BCUT2D eigenvalue weighted by Crippen LogP contribution is -2.41. The molecule has 1 saturated heterocycles. The summed E-state index contributed by atoms with van der Waals surface area (Å²) < 4.78 is 40.7. The van der Waals surface area contributed by atoms with Gasteiger partial charge in [-0.2, -0.15) is 4.31 Å². The fourth-order valence-electron chi connectivity index (χ4n) is 3.22. The van der Waals surface area contributed by atoms with Crippen LogP contribution in [0.5, 0.6) is 0 Å². The molecule has 1 N–H and O–H groups in total. The van der Waals surface area contributed by atoms with Crippen molar-refractivity contribution >= 4 is 44.6 Å². The first kappa shape index (κ1) is 20.3. The lowest BCUT2D eigenvalue weighted by Gasteiger charge is -2.33. The molecule has 1 aromatic carbocycles. The molecule has 146 valence electrons. The van der Waals surface area contributed by atoms with Crippen LogP contribution in [0.15, 0.2) is 40.6 Å². The van der Waals surface area contributed by atoms with Crippen molar-refractivity contribution in [2.24, 2.45) is 11.8 Å². The highest BCUT2D eigenvalue weighted by atomic mass is 35.5. The van der Waals surface area contributed by atoms with Crippen molar-refractivity contribution in [3.63, 3.8) is 0 Å². The molecule has 1 aliphatic rings. The smallest absolute Gasteiger partial charge is 0.252 e. The van der Waals surface area contributed by atoms with Crippen LogP contribution >= 0.6 is 22.9 Å². The number of carbonyl (C=O) groups is 1. The van der Waals surface area contributed by atoms with E-state index in [1.165, 1.54) is 28.6 Å². The number of hydrogen-bond donors (Lipinski definition) is 1. The predicted molar refractivity (Wildman–Crippen MR) is 105 cm³/mol. The average molecular weight is 431 g/mol. The number of benzene rings is 1. The molecule has 1 fully saturated rings. The Bertz CT molecular complexity index is 924. The zero-order chi connectivity index (χ0) is 19.6. The summed E-state index contributed by atoms with van der Waals surface area (Å²) in [4.78, 5) is 12.4. The van der Waals surface area contributed by atoms with Crippen LogP contribution in [0.2, 0.25) is 4.34 Å². The van der Waals surface area contributed by atoms with E-state index in [4.69, 9.17) is 11.6 Å². The van der Waals surface area contributed by atoms with Crippen LogP contribution in [0.1, 0.15) is 19.8 Å². The molecule has 1 atom stereocenters. The van der Waals surface area contributed by atoms with Gasteiger partial charge in [0.15, 0.2) is 0 Å². The monoisotopic (exact) mass is 430 g/mol. The number of sulfonamides is 1. The molecule has 0 radical (unpaired) electrons. The maximum absolute atomic E-state index is 13.2. The first-order valence-electron chi connectivity index (χ1n) is 8.59. The molecule has 1 amide bonds. The van der Waals surface area contributed by atoms with E-state index in [1.807, 2.05) is 6.92 Å². The quantitative estimate of drug-likeness (QED) is 0.772. The minimum absolute atomic E-state index is 0.0666. The van der Waals surface area contributed by atoms with Gasteiger partial charge in [-0.15, -0.1) is 11.3 Å². The van der Waals surface area contributed by atoms with Gasteiger partial charge in [0.1, 0.15) is 10.0 Å². The molecule has 0 aliphatic carbocycles. The number of hydrogen-bond acceptors (Lipinski definition) is 4. The Morgan fingerprint density at radius 1 is 1.30 bits per heavy atom. The number of amides is 1. The lowest BCUT2D eigenvalue weighted by atomic mass is 9.85. The molecule has 5 nitrogen and oxygen atoms in total. The standard InChI is InChI=1S/C18H20ClFN2O3S2/c1-12(18(23)21-15-4-2-3-14(20)11-15)13-7-9-22(10-8-13)27(24,25)17-6-5-16(19)26-17/h2-6,11-13H,7-10H2,1H3,(H,21,23). The number of rotatable bonds is 5. The number of nitrogens with one attached hydrogen (secondary N) is 1. The Balaban J connectivity index is 1.59. The molecule has 1 aromatic heterocycles. The van der Waals surface area contributed by atoms with Gasteiger partial charge in [0, 0.05) is 24.7 Å². The lowest BCUT2D eigenvalue weighted by molar-refractivity contribution is -0.121. The zero-order valence-corrected chi connectivity index (χ0v) is 17.1. The summed E-state index contributed by atoms with van der Waals surface area (Å²) in [7, 11) is -3.54. The number of halogens is 2. The molecule has 0 spiro atoms. The maximum atomic E-state index is 13.2. The van der Waals surface area contributed by atoms with Gasteiger partial charge >= 0.3 is 0 Å². The maximum Gasteiger partial charge on any atom is 0.252 e. The van der Waals surface area contributed by atoms with Crippen LogP contribution < -0.4 is 5.32 Å². The summed E-state index contributed by atoms with van der Waals surface area (Å²) >= 11 is 6.89. The van der Waals surface area contributed by atoms with Crippen molar-refractivity contribution < 1.29 is 17.6 Å². The molecule has 2 heterocycles. The topological polar surface area (TPSA) is 66.5 Å². The van der Waals surface area contributed by atoms with E-state index in [2.05, 4.69) is 5.32 Å². The normalized spacial score (nSPS) is 17.6. The first-order valence-corrected chi connectivity index (χ1v) is 11.2. The first-order chi connectivity index (χ1) is 12.8. The van der Waals surface area contributed by atoms with Gasteiger partial charge in [-0.25, -0.2) is 12.8 Å². The van der Waals surface area contributed by atoms with Crippen LogP contribution in [0.4, 0.5) is 10.1 Å². The van der Waals surface area contributed by atoms with Crippen molar-refractivity contribution in [3.05, 3.63) is 46.6 Å². The molecule has 9 heteroatoms. The molecule has 2 aromatic rings. The highest BCUT2D eigenvalue weighted by Crippen LogP contribution is 2.32. The summed E-state index contributed by atoms with van der Waals surface area (Å²) in [6, 6.07) is 8.85. The summed E-state index contributed by atoms with van der Waals surface area (Å²) in [6.07, 6.45) is 1.19. The number of thiophene rings is 1.